The minimum Gasteiger partial charge on any atom is -0.352 e. The van der Waals surface area contributed by atoms with E-state index in [1.165, 1.54) is 4.90 Å². The highest BCUT2D eigenvalue weighted by Gasteiger charge is 2.32. The van der Waals surface area contributed by atoms with Crippen LogP contribution in [0.3, 0.4) is 0 Å². The highest BCUT2D eigenvalue weighted by Crippen LogP contribution is 2.29. The summed E-state index contributed by atoms with van der Waals surface area (Å²) >= 11 is 18.4. The molecule has 0 unspecified atom stereocenters. The van der Waals surface area contributed by atoms with Crippen molar-refractivity contribution in [2.75, 3.05) is 17.1 Å². The fraction of sp³-hybridized carbons (Fsp3) is 0.417. The largest absolute Gasteiger partial charge is 0.352 e. The minimum atomic E-state index is -3.85. The number of anilines is 1. The van der Waals surface area contributed by atoms with Gasteiger partial charge in [-0.25, -0.2) is 8.42 Å². The zero-order valence-corrected chi connectivity index (χ0v) is 23.4. The summed E-state index contributed by atoms with van der Waals surface area (Å²) in [5, 5.41) is 3.88. The number of rotatable bonds is 10. The van der Waals surface area contributed by atoms with E-state index in [1.807, 2.05) is 13.8 Å². The third kappa shape index (κ3) is 7.74. The Kier molecular flexibility index (Phi) is 10.3. The van der Waals surface area contributed by atoms with Crippen molar-refractivity contribution in [3.8, 4) is 0 Å². The van der Waals surface area contributed by atoms with Crippen molar-refractivity contribution in [1.82, 2.24) is 10.2 Å². The number of carbonyl (C=O) groups is 2. The van der Waals surface area contributed by atoms with Crippen LogP contribution < -0.4 is 9.62 Å². The number of nitrogens with one attached hydrogen (secondary N) is 1. The summed E-state index contributed by atoms with van der Waals surface area (Å²) in [6.07, 6.45) is 1.34. The van der Waals surface area contributed by atoms with Crippen LogP contribution in [0.15, 0.2) is 36.4 Å². The molecule has 0 heterocycles. The van der Waals surface area contributed by atoms with Gasteiger partial charge in [0.05, 0.1) is 22.0 Å². The van der Waals surface area contributed by atoms with Gasteiger partial charge in [0.15, 0.2) is 0 Å². The van der Waals surface area contributed by atoms with Gasteiger partial charge in [0, 0.05) is 17.6 Å². The monoisotopic (exact) mass is 561 g/mol. The van der Waals surface area contributed by atoms with Crippen LogP contribution in [0.25, 0.3) is 0 Å². The summed E-state index contributed by atoms with van der Waals surface area (Å²) in [6.45, 7) is 6.64. The normalized spacial score (nSPS) is 12.4. The lowest BCUT2D eigenvalue weighted by atomic mass is 10.1. The van der Waals surface area contributed by atoms with Crippen molar-refractivity contribution in [2.45, 2.75) is 52.7 Å². The van der Waals surface area contributed by atoms with Gasteiger partial charge in [0.2, 0.25) is 21.8 Å². The van der Waals surface area contributed by atoms with Crippen LogP contribution in [0.5, 0.6) is 0 Å². The van der Waals surface area contributed by atoms with Crippen LogP contribution in [0.4, 0.5) is 5.69 Å². The maximum absolute atomic E-state index is 13.7. The molecule has 0 aliphatic rings. The highest BCUT2D eigenvalue weighted by atomic mass is 35.5. The Balaban J connectivity index is 2.51. The van der Waals surface area contributed by atoms with E-state index in [2.05, 4.69) is 5.32 Å². The van der Waals surface area contributed by atoms with Crippen molar-refractivity contribution in [1.29, 1.82) is 0 Å². The molecule has 0 aliphatic heterocycles. The predicted molar refractivity (Wildman–Crippen MR) is 143 cm³/mol. The maximum Gasteiger partial charge on any atom is 0.244 e. The van der Waals surface area contributed by atoms with E-state index in [0.717, 1.165) is 10.6 Å². The number of carbonyl (C=O) groups excluding carboxylic acids is 2. The molecule has 0 radical (unpaired) electrons. The first-order valence-electron chi connectivity index (χ1n) is 11.0. The quantitative estimate of drug-likeness (QED) is 0.439. The standard InChI is InChI=1S/C24H30Cl3N3O4S/c1-6-21(24(32)28-15(2)3)29(13-17-10-11-19(26)20(27)12-17)23(31)14-30(35(5,33)34)22-9-7-8-18(25)16(22)4/h7-12,15,21H,6,13-14H2,1-5H3,(H,28,32)/t21-/m0/s1. The van der Waals surface area contributed by atoms with Gasteiger partial charge in [-0.2, -0.15) is 0 Å². The molecule has 1 atom stereocenters. The van der Waals surface area contributed by atoms with E-state index in [4.69, 9.17) is 34.8 Å². The van der Waals surface area contributed by atoms with Gasteiger partial charge in [-0.05, 0) is 62.6 Å². The fourth-order valence-electron chi connectivity index (χ4n) is 3.60. The average Bonchev–Trinajstić information content (AvgIpc) is 2.75. The van der Waals surface area contributed by atoms with Gasteiger partial charge >= 0.3 is 0 Å². The zero-order chi connectivity index (χ0) is 26.5. The summed E-state index contributed by atoms with van der Waals surface area (Å²) in [6, 6.07) is 8.80. The number of halogens is 3. The van der Waals surface area contributed by atoms with Crippen LogP contribution in [0, 0.1) is 6.92 Å². The number of nitrogens with zero attached hydrogens (tertiary/aromatic N) is 2. The van der Waals surface area contributed by atoms with Crippen molar-refractivity contribution in [3.05, 3.63) is 62.6 Å². The van der Waals surface area contributed by atoms with Crippen molar-refractivity contribution in [2.24, 2.45) is 0 Å². The molecule has 0 aromatic heterocycles. The molecule has 2 aromatic rings. The number of benzene rings is 2. The summed E-state index contributed by atoms with van der Waals surface area (Å²) in [5.41, 5.74) is 1.46. The number of amides is 2. The third-order valence-corrected chi connectivity index (χ3v) is 7.62. The molecular formula is C24H30Cl3N3O4S. The van der Waals surface area contributed by atoms with Crippen LogP contribution in [0.2, 0.25) is 15.1 Å². The molecule has 1 N–H and O–H groups in total. The van der Waals surface area contributed by atoms with Crippen LogP contribution in [-0.2, 0) is 26.2 Å². The first kappa shape index (κ1) is 29.2. The zero-order valence-electron chi connectivity index (χ0n) is 20.3. The smallest absolute Gasteiger partial charge is 0.244 e. The predicted octanol–water partition coefficient (Wildman–Crippen LogP) is 5.05. The molecule has 0 saturated heterocycles. The van der Waals surface area contributed by atoms with E-state index in [1.54, 1.807) is 50.2 Å². The molecule has 0 saturated carbocycles. The molecular weight excluding hydrogens is 533 g/mol. The lowest BCUT2D eigenvalue weighted by molar-refractivity contribution is -0.140. The Morgan fingerprint density at radius 2 is 1.69 bits per heavy atom. The molecule has 192 valence electrons. The summed E-state index contributed by atoms with van der Waals surface area (Å²) in [5.74, 6) is -0.882. The second-order valence-corrected chi connectivity index (χ2v) is 11.6. The van der Waals surface area contributed by atoms with Crippen molar-refractivity contribution >= 4 is 62.3 Å². The first-order valence-corrected chi connectivity index (χ1v) is 14.0. The minimum absolute atomic E-state index is 0.0336. The third-order valence-electron chi connectivity index (χ3n) is 5.34. The molecule has 2 aromatic carbocycles. The van der Waals surface area contributed by atoms with Crippen LogP contribution in [0.1, 0.15) is 38.3 Å². The number of hydrogen-bond donors (Lipinski definition) is 1. The molecule has 0 spiro atoms. The van der Waals surface area contributed by atoms with Gasteiger partial charge < -0.3 is 10.2 Å². The SMILES string of the molecule is CC[C@@H](C(=O)NC(C)C)N(Cc1ccc(Cl)c(Cl)c1)C(=O)CN(c1cccc(Cl)c1C)S(C)(=O)=O. The molecule has 2 rings (SSSR count). The topological polar surface area (TPSA) is 86.8 Å². The van der Waals surface area contributed by atoms with Crippen molar-refractivity contribution < 1.29 is 18.0 Å². The maximum atomic E-state index is 13.7. The second kappa shape index (κ2) is 12.3. The van der Waals surface area contributed by atoms with E-state index in [0.29, 0.717) is 38.3 Å². The molecule has 0 bridgehead atoms. The van der Waals surface area contributed by atoms with Gasteiger partial charge in [-0.1, -0.05) is 53.9 Å². The van der Waals surface area contributed by atoms with E-state index < -0.39 is 28.5 Å². The molecule has 0 aliphatic carbocycles. The average molecular weight is 563 g/mol. The summed E-state index contributed by atoms with van der Waals surface area (Å²) < 4.78 is 26.4. The van der Waals surface area contributed by atoms with E-state index in [9.17, 15) is 18.0 Å². The summed E-state index contributed by atoms with van der Waals surface area (Å²) in [4.78, 5) is 28.0. The Hall–Kier alpha value is -2.00. The fourth-order valence-corrected chi connectivity index (χ4v) is 4.99. The summed E-state index contributed by atoms with van der Waals surface area (Å²) in [7, 11) is -3.85. The van der Waals surface area contributed by atoms with Gasteiger partial charge in [0.1, 0.15) is 12.6 Å². The Labute approximate surface area is 222 Å². The number of sulfonamides is 1. The van der Waals surface area contributed by atoms with Gasteiger partial charge in [-0.3, -0.25) is 13.9 Å². The Morgan fingerprint density at radius 3 is 2.23 bits per heavy atom. The highest BCUT2D eigenvalue weighted by molar-refractivity contribution is 7.92. The molecule has 0 fully saturated rings. The number of hydrogen-bond acceptors (Lipinski definition) is 4. The molecule has 11 heteroatoms. The van der Waals surface area contributed by atoms with Gasteiger partial charge in [0.25, 0.3) is 0 Å². The Morgan fingerprint density at radius 1 is 1.03 bits per heavy atom. The lowest BCUT2D eigenvalue weighted by Gasteiger charge is -2.33. The molecule has 7 nitrogen and oxygen atoms in total. The van der Waals surface area contributed by atoms with Gasteiger partial charge in [-0.15, -0.1) is 0 Å². The molecule has 2 amide bonds. The van der Waals surface area contributed by atoms with Crippen LogP contribution >= 0.6 is 34.8 Å². The first-order chi connectivity index (χ1) is 16.3. The van der Waals surface area contributed by atoms with Crippen LogP contribution in [-0.4, -0.2) is 50.0 Å². The van der Waals surface area contributed by atoms with E-state index in [-0.39, 0.29) is 18.5 Å². The van der Waals surface area contributed by atoms with E-state index >= 15 is 0 Å². The second-order valence-electron chi connectivity index (χ2n) is 8.51. The van der Waals surface area contributed by atoms with Crippen molar-refractivity contribution in [3.63, 3.8) is 0 Å². The molecule has 35 heavy (non-hydrogen) atoms. The Bertz CT molecular complexity index is 1190. The lowest BCUT2D eigenvalue weighted by Crippen LogP contribution is -2.53.